The molecule has 1 heterocycles. The van der Waals surface area contributed by atoms with E-state index in [-0.39, 0.29) is 0 Å². The number of nitrogens with two attached hydrogens (primary N) is 1. The van der Waals surface area contributed by atoms with Crippen molar-refractivity contribution in [2.45, 2.75) is 26.7 Å². The standard InChI is InChI=1S/C13H17N3/c1-9(2)11-5-4-6-12(7-11)16-8-10(3)13(14)15-16/h4-9H,1-3H3,(H2,14,15). The molecule has 0 atom stereocenters. The van der Waals surface area contributed by atoms with Gasteiger partial charge in [-0.15, -0.1) is 0 Å². The Morgan fingerprint density at radius 3 is 2.62 bits per heavy atom. The van der Waals surface area contributed by atoms with Crippen molar-refractivity contribution in [2.75, 3.05) is 5.73 Å². The van der Waals surface area contributed by atoms with E-state index in [0.717, 1.165) is 11.3 Å². The van der Waals surface area contributed by atoms with E-state index in [1.54, 1.807) is 0 Å². The smallest absolute Gasteiger partial charge is 0.148 e. The van der Waals surface area contributed by atoms with Crippen molar-refractivity contribution in [3.05, 3.63) is 41.6 Å². The van der Waals surface area contributed by atoms with Gasteiger partial charge in [0.15, 0.2) is 0 Å². The maximum atomic E-state index is 5.74. The monoisotopic (exact) mass is 215 g/mol. The summed E-state index contributed by atoms with van der Waals surface area (Å²) in [6.45, 7) is 6.33. The average molecular weight is 215 g/mol. The van der Waals surface area contributed by atoms with Crippen LogP contribution in [0.1, 0.15) is 30.9 Å². The van der Waals surface area contributed by atoms with Crippen LogP contribution in [0.3, 0.4) is 0 Å². The molecule has 0 bridgehead atoms. The third-order valence-electron chi connectivity index (χ3n) is 2.74. The molecule has 0 aliphatic heterocycles. The number of aromatic nitrogens is 2. The van der Waals surface area contributed by atoms with Crippen molar-refractivity contribution in [3.8, 4) is 5.69 Å². The van der Waals surface area contributed by atoms with Crippen molar-refractivity contribution in [2.24, 2.45) is 0 Å². The lowest BCUT2D eigenvalue weighted by Crippen LogP contribution is -1.97. The Morgan fingerprint density at radius 1 is 1.31 bits per heavy atom. The van der Waals surface area contributed by atoms with E-state index in [1.807, 2.05) is 23.9 Å². The second-order valence-electron chi connectivity index (χ2n) is 4.39. The molecule has 2 N–H and O–H groups in total. The van der Waals surface area contributed by atoms with E-state index in [4.69, 9.17) is 5.73 Å². The Bertz CT molecular complexity index is 478. The largest absolute Gasteiger partial charge is 0.382 e. The first-order chi connectivity index (χ1) is 7.58. The number of nitrogens with zero attached hydrogens (tertiary/aromatic N) is 2. The van der Waals surface area contributed by atoms with Gasteiger partial charge in [-0.1, -0.05) is 26.0 Å². The van der Waals surface area contributed by atoms with E-state index >= 15 is 0 Å². The molecule has 1 aromatic carbocycles. The summed E-state index contributed by atoms with van der Waals surface area (Å²) in [6.07, 6.45) is 1.95. The summed E-state index contributed by atoms with van der Waals surface area (Å²) in [5, 5.41) is 4.28. The lowest BCUT2D eigenvalue weighted by Gasteiger charge is -2.07. The highest BCUT2D eigenvalue weighted by molar-refractivity contribution is 5.42. The maximum Gasteiger partial charge on any atom is 0.148 e. The quantitative estimate of drug-likeness (QED) is 0.837. The zero-order valence-electron chi connectivity index (χ0n) is 9.94. The van der Waals surface area contributed by atoms with E-state index in [0.29, 0.717) is 11.7 Å². The van der Waals surface area contributed by atoms with Crippen LogP contribution in [0.15, 0.2) is 30.5 Å². The summed E-state index contributed by atoms with van der Waals surface area (Å²) < 4.78 is 1.83. The highest BCUT2D eigenvalue weighted by Crippen LogP contribution is 2.19. The van der Waals surface area contributed by atoms with Crippen LogP contribution in [0, 0.1) is 6.92 Å². The van der Waals surface area contributed by atoms with Crippen LogP contribution in [-0.2, 0) is 0 Å². The van der Waals surface area contributed by atoms with Crippen molar-refractivity contribution in [1.82, 2.24) is 9.78 Å². The predicted molar refractivity (Wildman–Crippen MR) is 66.8 cm³/mol. The average Bonchev–Trinajstić information content (AvgIpc) is 2.59. The first-order valence-corrected chi connectivity index (χ1v) is 5.50. The number of benzene rings is 1. The topological polar surface area (TPSA) is 43.8 Å². The van der Waals surface area contributed by atoms with Crippen molar-refractivity contribution in [3.63, 3.8) is 0 Å². The van der Waals surface area contributed by atoms with Crippen LogP contribution in [0.25, 0.3) is 5.69 Å². The minimum Gasteiger partial charge on any atom is -0.382 e. The van der Waals surface area contributed by atoms with Crippen LogP contribution < -0.4 is 5.73 Å². The van der Waals surface area contributed by atoms with Crippen molar-refractivity contribution >= 4 is 5.82 Å². The van der Waals surface area contributed by atoms with E-state index in [9.17, 15) is 0 Å². The van der Waals surface area contributed by atoms with Gasteiger partial charge in [0.25, 0.3) is 0 Å². The first-order valence-electron chi connectivity index (χ1n) is 5.50. The molecule has 3 nitrogen and oxygen atoms in total. The number of aryl methyl sites for hydroxylation is 1. The highest BCUT2D eigenvalue weighted by atomic mass is 15.3. The molecule has 0 saturated carbocycles. The van der Waals surface area contributed by atoms with Crippen molar-refractivity contribution in [1.29, 1.82) is 0 Å². The number of anilines is 1. The molecule has 0 unspecified atom stereocenters. The van der Waals surface area contributed by atoms with Gasteiger partial charge in [-0.05, 0) is 30.5 Å². The summed E-state index contributed by atoms with van der Waals surface area (Å²) >= 11 is 0. The van der Waals surface area contributed by atoms with E-state index in [2.05, 4.69) is 37.1 Å². The normalized spacial score (nSPS) is 11.0. The summed E-state index contributed by atoms with van der Waals surface area (Å²) in [5.41, 5.74) is 9.12. The molecule has 0 aliphatic carbocycles. The third kappa shape index (κ3) is 1.94. The van der Waals surface area contributed by atoms with Crippen LogP contribution >= 0.6 is 0 Å². The molecule has 0 radical (unpaired) electrons. The summed E-state index contributed by atoms with van der Waals surface area (Å²) in [4.78, 5) is 0. The van der Waals surface area contributed by atoms with Gasteiger partial charge in [-0.2, -0.15) is 5.10 Å². The number of rotatable bonds is 2. The molecule has 2 aromatic rings. The molecule has 0 fully saturated rings. The molecule has 3 heteroatoms. The van der Waals surface area contributed by atoms with Gasteiger partial charge in [0.1, 0.15) is 5.82 Å². The Balaban J connectivity index is 2.44. The molecule has 0 saturated heterocycles. The van der Waals surface area contributed by atoms with Crippen LogP contribution in [0.2, 0.25) is 0 Å². The maximum absolute atomic E-state index is 5.74. The molecule has 2 rings (SSSR count). The van der Waals surface area contributed by atoms with Crippen LogP contribution in [-0.4, -0.2) is 9.78 Å². The molecule has 0 spiro atoms. The highest BCUT2D eigenvalue weighted by Gasteiger charge is 2.05. The SMILES string of the molecule is Cc1cn(-c2cccc(C(C)C)c2)nc1N. The third-order valence-corrected chi connectivity index (χ3v) is 2.74. The van der Waals surface area contributed by atoms with Gasteiger partial charge in [0, 0.05) is 11.8 Å². The van der Waals surface area contributed by atoms with E-state index < -0.39 is 0 Å². The lowest BCUT2D eigenvalue weighted by molar-refractivity contribution is 0.846. The van der Waals surface area contributed by atoms with Gasteiger partial charge in [0.05, 0.1) is 5.69 Å². The van der Waals surface area contributed by atoms with Crippen LogP contribution in [0.4, 0.5) is 5.82 Å². The van der Waals surface area contributed by atoms with Crippen molar-refractivity contribution < 1.29 is 0 Å². The predicted octanol–water partition coefficient (Wildman–Crippen LogP) is 2.89. The van der Waals surface area contributed by atoms with Gasteiger partial charge in [-0.25, -0.2) is 4.68 Å². The fourth-order valence-electron chi connectivity index (χ4n) is 1.63. The minimum absolute atomic E-state index is 0.522. The molecule has 0 aliphatic rings. The Morgan fingerprint density at radius 2 is 2.06 bits per heavy atom. The molecule has 84 valence electrons. The first kappa shape index (κ1) is 10.7. The molecule has 1 aromatic heterocycles. The number of nitrogen functional groups attached to an aromatic ring is 1. The van der Waals surface area contributed by atoms with Gasteiger partial charge in [-0.3, -0.25) is 0 Å². The van der Waals surface area contributed by atoms with E-state index in [1.165, 1.54) is 5.56 Å². The Hall–Kier alpha value is -1.77. The lowest BCUT2D eigenvalue weighted by atomic mass is 10.0. The minimum atomic E-state index is 0.522. The molecule has 0 amide bonds. The second kappa shape index (κ2) is 4.00. The fraction of sp³-hybridized carbons (Fsp3) is 0.308. The summed E-state index contributed by atoms with van der Waals surface area (Å²) in [7, 11) is 0. The number of hydrogen-bond acceptors (Lipinski definition) is 2. The second-order valence-corrected chi connectivity index (χ2v) is 4.39. The number of hydrogen-bond donors (Lipinski definition) is 1. The zero-order valence-corrected chi connectivity index (χ0v) is 9.94. The molecular formula is C13H17N3. The zero-order chi connectivity index (χ0) is 11.7. The summed E-state index contributed by atoms with van der Waals surface area (Å²) in [5.74, 6) is 1.11. The fourth-order valence-corrected chi connectivity index (χ4v) is 1.63. The molecule has 16 heavy (non-hydrogen) atoms. The van der Waals surface area contributed by atoms with Gasteiger partial charge >= 0.3 is 0 Å². The van der Waals surface area contributed by atoms with Gasteiger partial charge < -0.3 is 5.73 Å². The Kier molecular flexibility index (Phi) is 2.69. The van der Waals surface area contributed by atoms with Crippen LogP contribution in [0.5, 0.6) is 0 Å². The molecular weight excluding hydrogens is 198 g/mol. The Labute approximate surface area is 95.9 Å². The summed E-state index contributed by atoms with van der Waals surface area (Å²) in [6, 6.07) is 8.38. The van der Waals surface area contributed by atoms with Gasteiger partial charge in [0.2, 0.25) is 0 Å².